The second-order valence-corrected chi connectivity index (χ2v) is 4.26. The third-order valence-electron chi connectivity index (χ3n) is 3.18. The number of hydrogen-bond donors (Lipinski definition) is 0. The highest BCUT2D eigenvalue weighted by Gasteiger charge is 2.15. The van der Waals surface area contributed by atoms with Gasteiger partial charge in [-0.1, -0.05) is 40.0 Å². The van der Waals surface area contributed by atoms with Gasteiger partial charge >= 0.3 is 0 Å². The highest BCUT2D eigenvalue weighted by molar-refractivity contribution is 5.20. The van der Waals surface area contributed by atoms with Gasteiger partial charge in [0.2, 0.25) is 0 Å². The summed E-state index contributed by atoms with van der Waals surface area (Å²) < 4.78 is 5.64. The van der Waals surface area contributed by atoms with Crippen molar-refractivity contribution < 1.29 is 4.42 Å². The molecule has 15 heavy (non-hydrogen) atoms. The summed E-state index contributed by atoms with van der Waals surface area (Å²) in [6.45, 7) is 6.72. The molecule has 0 amide bonds. The van der Waals surface area contributed by atoms with Gasteiger partial charge in [0, 0.05) is 5.92 Å². The average Bonchev–Trinajstić information content (AvgIpc) is 2.72. The molecule has 0 aliphatic heterocycles. The minimum atomic E-state index is 0.640. The molecule has 1 atom stereocenters. The zero-order valence-corrected chi connectivity index (χ0v) is 10.4. The summed E-state index contributed by atoms with van der Waals surface area (Å²) in [5, 5.41) is 0. The topological polar surface area (TPSA) is 13.1 Å². The number of unbranched alkanes of at least 4 members (excludes halogenated alkanes) is 2. The number of hydrogen-bond acceptors (Lipinski definition) is 1. The van der Waals surface area contributed by atoms with Crippen LogP contribution in [0.3, 0.4) is 0 Å². The van der Waals surface area contributed by atoms with Crippen molar-refractivity contribution in [3.8, 4) is 0 Å². The van der Waals surface area contributed by atoms with Crippen LogP contribution in [0.5, 0.6) is 0 Å². The van der Waals surface area contributed by atoms with Gasteiger partial charge in [-0.25, -0.2) is 0 Å². The van der Waals surface area contributed by atoms with Crippen molar-refractivity contribution in [2.45, 2.75) is 65.2 Å². The fourth-order valence-electron chi connectivity index (χ4n) is 2.16. The van der Waals surface area contributed by atoms with Crippen LogP contribution in [0.4, 0.5) is 0 Å². The Balaban J connectivity index is 2.57. The molecule has 0 N–H and O–H groups in total. The first-order valence-corrected chi connectivity index (χ1v) is 6.39. The van der Waals surface area contributed by atoms with Crippen LogP contribution in [0.2, 0.25) is 0 Å². The Hall–Kier alpha value is -0.720. The van der Waals surface area contributed by atoms with Crippen LogP contribution in [0.15, 0.2) is 16.7 Å². The van der Waals surface area contributed by atoms with Gasteiger partial charge in [-0.15, -0.1) is 0 Å². The van der Waals surface area contributed by atoms with E-state index in [4.69, 9.17) is 4.42 Å². The molecule has 1 nitrogen and oxygen atoms in total. The molecule has 0 bridgehead atoms. The van der Waals surface area contributed by atoms with Crippen molar-refractivity contribution in [2.24, 2.45) is 0 Å². The van der Waals surface area contributed by atoms with Gasteiger partial charge in [0.15, 0.2) is 0 Å². The highest BCUT2D eigenvalue weighted by atomic mass is 16.3. The van der Waals surface area contributed by atoms with E-state index in [1.165, 1.54) is 43.4 Å². The molecule has 0 saturated carbocycles. The van der Waals surface area contributed by atoms with Crippen LogP contribution in [-0.2, 0) is 6.42 Å². The summed E-state index contributed by atoms with van der Waals surface area (Å²) in [5.41, 5.74) is 1.40. The van der Waals surface area contributed by atoms with E-state index < -0.39 is 0 Å². The smallest absolute Gasteiger partial charge is 0.109 e. The molecule has 1 heteroatoms. The normalized spacial score (nSPS) is 13.0. The molecule has 1 rings (SSSR count). The van der Waals surface area contributed by atoms with E-state index in [-0.39, 0.29) is 0 Å². The predicted molar refractivity (Wildman–Crippen MR) is 65.3 cm³/mol. The van der Waals surface area contributed by atoms with E-state index in [1.807, 2.05) is 6.26 Å². The molecule has 0 aromatic carbocycles. The predicted octanol–water partition coefficient (Wildman–Crippen LogP) is 4.92. The molecule has 0 spiro atoms. The minimum Gasteiger partial charge on any atom is -0.469 e. The molecule has 0 radical (unpaired) electrons. The largest absolute Gasteiger partial charge is 0.469 e. The Morgan fingerprint density at radius 3 is 2.60 bits per heavy atom. The van der Waals surface area contributed by atoms with E-state index in [0.29, 0.717) is 5.92 Å². The van der Waals surface area contributed by atoms with Gasteiger partial charge in [-0.2, -0.15) is 0 Å². The van der Waals surface area contributed by atoms with Crippen molar-refractivity contribution in [2.75, 3.05) is 0 Å². The monoisotopic (exact) mass is 208 g/mol. The van der Waals surface area contributed by atoms with E-state index in [9.17, 15) is 0 Å². The molecule has 86 valence electrons. The van der Waals surface area contributed by atoms with E-state index >= 15 is 0 Å². The lowest BCUT2D eigenvalue weighted by Crippen LogP contribution is -1.99. The Morgan fingerprint density at radius 1 is 1.20 bits per heavy atom. The van der Waals surface area contributed by atoms with Crippen molar-refractivity contribution >= 4 is 0 Å². The molecular weight excluding hydrogens is 184 g/mol. The van der Waals surface area contributed by atoms with Crippen molar-refractivity contribution in [3.63, 3.8) is 0 Å². The lowest BCUT2D eigenvalue weighted by molar-refractivity contribution is 0.424. The third kappa shape index (κ3) is 3.40. The molecule has 0 aliphatic carbocycles. The summed E-state index contributed by atoms with van der Waals surface area (Å²) in [6.07, 6.45) is 9.40. The molecule has 1 aromatic rings. The first-order valence-electron chi connectivity index (χ1n) is 6.39. The lowest BCUT2D eigenvalue weighted by Gasteiger charge is -2.13. The summed E-state index contributed by atoms with van der Waals surface area (Å²) in [5.74, 6) is 1.89. The maximum absolute atomic E-state index is 5.64. The fraction of sp³-hybridized carbons (Fsp3) is 0.714. The molecule has 0 aliphatic rings. The molecule has 1 unspecified atom stereocenters. The van der Waals surface area contributed by atoms with Crippen molar-refractivity contribution in [3.05, 3.63) is 23.7 Å². The number of rotatable bonds is 7. The van der Waals surface area contributed by atoms with E-state index in [2.05, 4.69) is 26.8 Å². The van der Waals surface area contributed by atoms with Gasteiger partial charge in [0.05, 0.1) is 6.26 Å². The molecule has 1 aromatic heterocycles. The Kier molecular flexibility index (Phi) is 5.52. The van der Waals surface area contributed by atoms with Gasteiger partial charge < -0.3 is 4.42 Å². The van der Waals surface area contributed by atoms with Crippen LogP contribution < -0.4 is 0 Å². The Bertz CT molecular complexity index is 262. The SMILES string of the molecule is CCCCCC(CC)c1occc1CC. The van der Waals surface area contributed by atoms with Crippen LogP contribution in [0.1, 0.15) is 70.1 Å². The van der Waals surface area contributed by atoms with E-state index in [1.54, 1.807) is 0 Å². The van der Waals surface area contributed by atoms with E-state index in [0.717, 1.165) is 6.42 Å². The van der Waals surface area contributed by atoms with Crippen LogP contribution in [-0.4, -0.2) is 0 Å². The number of furan rings is 1. The first kappa shape index (κ1) is 12.4. The zero-order chi connectivity index (χ0) is 11.1. The van der Waals surface area contributed by atoms with Crippen molar-refractivity contribution in [1.29, 1.82) is 0 Å². The zero-order valence-electron chi connectivity index (χ0n) is 10.4. The molecule has 0 fully saturated rings. The summed E-state index contributed by atoms with van der Waals surface area (Å²) in [6, 6.07) is 2.12. The maximum Gasteiger partial charge on any atom is 0.109 e. The van der Waals surface area contributed by atoms with Gasteiger partial charge in [-0.05, 0) is 30.9 Å². The number of aryl methyl sites for hydroxylation is 1. The third-order valence-corrected chi connectivity index (χ3v) is 3.18. The van der Waals surface area contributed by atoms with Gasteiger partial charge in [0.25, 0.3) is 0 Å². The Morgan fingerprint density at radius 2 is 2.00 bits per heavy atom. The summed E-state index contributed by atoms with van der Waals surface area (Å²) in [7, 11) is 0. The van der Waals surface area contributed by atoms with Crippen molar-refractivity contribution in [1.82, 2.24) is 0 Å². The standard InChI is InChI=1S/C14H24O/c1-4-7-8-9-12(5-2)14-13(6-3)10-11-15-14/h10-12H,4-9H2,1-3H3. The van der Waals surface area contributed by atoms with Gasteiger partial charge in [-0.3, -0.25) is 0 Å². The molecular formula is C14H24O. The Labute approximate surface area is 93.9 Å². The minimum absolute atomic E-state index is 0.640. The highest BCUT2D eigenvalue weighted by Crippen LogP contribution is 2.29. The lowest BCUT2D eigenvalue weighted by atomic mass is 9.93. The summed E-state index contributed by atoms with van der Waals surface area (Å²) in [4.78, 5) is 0. The second-order valence-electron chi connectivity index (χ2n) is 4.26. The first-order chi connectivity index (χ1) is 7.33. The average molecular weight is 208 g/mol. The molecule has 1 heterocycles. The molecule has 0 saturated heterocycles. The van der Waals surface area contributed by atoms with Crippen LogP contribution in [0, 0.1) is 0 Å². The quantitative estimate of drug-likeness (QED) is 0.580. The van der Waals surface area contributed by atoms with Gasteiger partial charge in [0.1, 0.15) is 5.76 Å². The maximum atomic E-state index is 5.64. The van der Waals surface area contributed by atoms with Crippen LogP contribution >= 0.6 is 0 Å². The second kappa shape index (κ2) is 6.71. The summed E-state index contributed by atoms with van der Waals surface area (Å²) >= 11 is 0. The fourth-order valence-corrected chi connectivity index (χ4v) is 2.16. The van der Waals surface area contributed by atoms with Crippen LogP contribution in [0.25, 0.3) is 0 Å².